The van der Waals surface area contributed by atoms with Crippen LogP contribution in [-0.4, -0.2) is 63.7 Å². The summed E-state index contributed by atoms with van der Waals surface area (Å²) in [7, 11) is 0. The Hall–Kier alpha value is -5.12. The van der Waals surface area contributed by atoms with Crippen LogP contribution in [0.1, 0.15) is 49.8 Å². The van der Waals surface area contributed by atoms with Crippen LogP contribution in [0, 0.1) is 12.0 Å². The van der Waals surface area contributed by atoms with Crippen LogP contribution in [0.3, 0.4) is 0 Å². The first-order valence-electron chi connectivity index (χ1n) is 17.4. The molecule has 288 valence electrons. The molecule has 4 aromatic rings. The summed E-state index contributed by atoms with van der Waals surface area (Å²) < 4.78 is 0. The van der Waals surface area contributed by atoms with Crippen molar-refractivity contribution in [3.05, 3.63) is 133 Å². The number of anilines is 2. The molecule has 4 heterocycles. The van der Waals surface area contributed by atoms with Crippen molar-refractivity contribution in [1.82, 2.24) is 9.80 Å². The molecule has 4 fully saturated rings. The summed E-state index contributed by atoms with van der Waals surface area (Å²) in [5.74, 6) is -0.523. The highest BCUT2D eigenvalue weighted by atomic mass is 35.5. The monoisotopic (exact) mass is 831 g/mol. The van der Waals surface area contributed by atoms with Crippen LogP contribution < -0.4 is 15.5 Å². The van der Waals surface area contributed by atoms with Gasteiger partial charge in [-0.05, 0) is 73.2 Å². The fourth-order valence-electron chi connectivity index (χ4n) is 8.07. The molecule has 4 aliphatic heterocycles. The van der Waals surface area contributed by atoms with Gasteiger partial charge in [0.05, 0.1) is 17.9 Å². The molecule has 8 rings (SSSR count). The molecular weight excluding hydrogens is 796 g/mol. The van der Waals surface area contributed by atoms with Gasteiger partial charge >= 0.3 is 12.1 Å². The zero-order chi connectivity index (χ0) is 39.2. The number of hydrogen-bond donors (Lipinski definition) is 2. The first kappa shape index (κ1) is 40.5. The highest BCUT2D eigenvalue weighted by Crippen LogP contribution is 2.44. The summed E-state index contributed by atoms with van der Waals surface area (Å²) in [4.78, 5) is 62.0. The number of fused-ring (bicyclic) bond motifs is 2. The first-order chi connectivity index (χ1) is 26.3. The standard InChI is InChI=1S/C20H18Cl2N4O2.C20H15Cl2N3O2.CH4/c21-14-8-15(22)10-16(9-14)26-18(27)20(6-1-7-25(20)19(26)28)11-12-2-4-13(5-3-12)17(23)24;1-23-16-5-3-13(4-6-16)12-20-7-2-8-24(20)19(27)25(18(20)26)17-10-14(21)9-15(22)11-17;/h2-5,8-10H,1,6-7,11H2,(H3,23,24);3-6,9-11H,2,7-8,12H2;1H4. The molecule has 0 aromatic heterocycles. The predicted octanol–water partition coefficient (Wildman–Crippen LogP) is 9.55. The molecule has 0 spiro atoms. The smallest absolute Gasteiger partial charge is 0.332 e. The van der Waals surface area contributed by atoms with Gasteiger partial charge in [0.2, 0.25) is 0 Å². The van der Waals surface area contributed by atoms with Gasteiger partial charge < -0.3 is 15.5 Å². The summed E-state index contributed by atoms with van der Waals surface area (Å²) in [5, 5.41) is 8.97. The average Bonchev–Trinajstić information content (AvgIpc) is 3.85. The minimum atomic E-state index is -0.913. The molecule has 15 heteroatoms. The van der Waals surface area contributed by atoms with Gasteiger partial charge in [-0.25, -0.2) is 24.2 Å². The maximum absolute atomic E-state index is 13.4. The van der Waals surface area contributed by atoms with Crippen molar-refractivity contribution in [2.75, 3.05) is 22.9 Å². The maximum Gasteiger partial charge on any atom is 0.332 e. The van der Waals surface area contributed by atoms with E-state index in [0.29, 0.717) is 81.5 Å². The van der Waals surface area contributed by atoms with Gasteiger partial charge in [0.25, 0.3) is 11.8 Å². The Bertz CT molecular complexity index is 2260. The lowest BCUT2D eigenvalue weighted by Gasteiger charge is -2.28. The number of carbonyl (C=O) groups excluding carboxylic acids is 4. The van der Waals surface area contributed by atoms with Gasteiger partial charge in [-0.15, -0.1) is 0 Å². The molecule has 4 saturated heterocycles. The van der Waals surface area contributed by atoms with Crippen molar-refractivity contribution < 1.29 is 19.2 Å². The van der Waals surface area contributed by atoms with Crippen molar-refractivity contribution in [3.63, 3.8) is 0 Å². The first-order valence-corrected chi connectivity index (χ1v) is 18.9. The van der Waals surface area contributed by atoms with E-state index in [0.717, 1.165) is 24.0 Å². The fraction of sp³-hybridized carbons (Fsp3) is 0.268. The Kier molecular flexibility index (Phi) is 11.4. The zero-order valence-electron chi connectivity index (χ0n) is 29.2. The van der Waals surface area contributed by atoms with Gasteiger partial charge in [-0.1, -0.05) is 102 Å². The molecule has 11 nitrogen and oxygen atoms in total. The lowest BCUT2D eigenvalue weighted by atomic mass is 9.87. The van der Waals surface area contributed by atoms with Crippen molar-refractivity contribution >= 4 is 93.2 Å². The summed E-state index contributed by atoms with van der Waals surface area (Å²) in [6.07, 6.45) is 3.57. The van der Waals surface area contributed by atoms with E-state index < -0.39 is 11.1 Å². The minimum Gasteiger partial charge on any atom is -0.384 e. The minimum absolute atomic E-state index is 0. The number of carbonyl (C=O) groups is 4. The Labute approximate surface area is 344 Å². The largest absolute Gasteiger partial charge is 0.384 e. The number of urea groups is 2. The van der Waals surface area contributed by atoms with Gasteiger partial charge in [-0.2, -0.15) is 0 Å². The molecule has 0 aliphatic carbocycles. The number of hydrogen-bond acceptors (Lipinski definition) is 5. The second-order valence-electron chi connectivity index (χ2n) is 13.9. The van der Waals surface area contributed by atoms with E-state index in [4.69, 9.17) is 64.1 Å². The van der Waals surface area contributed by atoms with Crippen molar-refractivity contribution in [1.29, 1.82) is 5.41 Å². The van der Waals surface area contributed by atoms with Crippen LogP contribution in [0.15, 0.2) is 84.9 Å². The lowest BCUT2D eigenvalue weighted by molar-refractivity contribution is -0.124. The highest BCUT2D eigenvalue weighted by Gasteiger charge is 2.61. The Balaban J connectivity index is 0.000000187. The molecule has 0 saturated carbocycles. The molecule has 0 radical (unpaired) electrons. The third-order valence-corrected chi connectivity index (χ3v) is 11.4. The second kappa shape index (κ2) is 15.8. The second-order valence-corrected chi connectivity index (χ2v) is 15.7. The van der Waals surface area contributed by atoms with E-state index >= 15 is 0 Å². The number of imide groups is 2. The normalized spacial score (nSPS) is 21.1. The molecule has 2 atom stereocenters. The Morgan fingerprint density at radius 1 is 0.661 bits per heavy atom. The highest BCUT2D eigenvalue weighted by molar-refractivity contribution is 6.36. The number of nitrogens with zero attached hydrogens (tertiary/aromatic N) is 5. The Morgan fingerprint density at radius 3 is 1.39 bits per heavy atom. The van der Waals surface area contributed by atoms with Gasteiger partial charge in [0.15, 0.2) is 5.69 Å². The van der Waals surface area contributed by atoms with E-state index in [-0.39, 0.29) is 37.1 Å². The van der Waals surface area contributed by atoms with Crippen molar-refractivity contribution in [3.8, 4) is 0 Å². The van der Waals surface area contributed by atoms with E-state index in [1.54, 1.807) is 70.5 Å². The van der Waals surface area contributed by atoms with Crippen LogP contribution in [0.25, 0.3) is 4.85 Å². The lowest BCUT2D eigenvalue weighted by Crippen LogP contribution is -2.47. The molecule has 4 aromatic carbocycles. The fourth-order valence-corrected chi connectivity index (χ4v) is 9.10. The van der Waals surface area contributed by atoms with E-state index in [1.807, 2.05) is 24.3 Å². The SMILES string of the molecule is C.N=C(N)c1ccc(CC23CCCN2C(=O)N(c2cc(Cl)cc(Cl)c2)C3=O)cc1.[C-]#[N+]c1ccc(CC23CCCN2C(=O)N(c2cc(Cl)cc(Cl)c2)C3=O)cc1. The quantitative estimate of drug-likeness (QED) is 0.0828. The molecular formula is C41H37Cl4N7O4. The van der Waals surface area contributed by atoms with E-state index in [2.05, 4.69) is 4.85 Å². The average molecular weight is 834 g/mol. The number of rotatable bonds is 7. The van der Waals surface area contributed by atoms with Crippen molar-refractivity contribution in [2.24, 2.45) is 5.73 Å². The van der Waals surface area contributed by atoms with Crippen LogP contribution in [0.5, 0.6) is 0 Å². The number of nitrogens with one attached hydrogen (secondary N) is 1. The molecule has 56 heavy (non-hydrogen) atoms. The van der Waals surface area contributed by atoms with Crippen LogP contribution in [0.4, 0.5) is 26.7 Å². The predicted molar refractivity (Wildman–Crippen MR) is 220 cm³/mol. The Morgan fingerprint density at radius 2 is 1.04 bits per heavy atom. The third-order valence-electron chi connectivity index (χ3n) is 10.6. The van der Waals surface area contributed by atoms with Crippen LogP contribution in [0.2, 0.25) is 20.1 Å². The summed E-state index contributed by atoms with van der Waals surface area (Å²) >= 11 is 24.3. The third kappa shape index (κ3) is 7.19. The maximum atomic E-state index is 13.4. The molecule has 6 amide bonds. The number of nitrogens with two attached hydrogens (primary N) is 1. The van der Waals surface area contributed by atoms with Gasteiger partial charge in [0, 0.05) is 51.6 Å². The van der Waals surface area contributed by atoms with Gasteiger partial charge in [0.1, 0.15) is 16.9 Å². The number of amidine groups is 1. The number of benzene rings is 4. The van der Waals surface area contributed by atoms with Crippen LogP contribution in [-0.2, 0) is 22.4 Å². The summed E-state index contributed by atoms with van der Waals surface area (Å²) in [6, 6.07) is 23.1. The molecule has 0 bridgehead atoms. The van der Waals surface area contributed by atoms with Crippen LogP contribution >= 0.6 is 46.4 Å². The molecule has 2 unspecified atom stereocenters. The summed E-state index contributed by atoms with van der Waals surface area (Å²) in [5.41, 5.74) is 7.46. The number of halogens is 4. The topological polar surface area (TPSA) is 135 Å². The number of amides is 6. The number of nitrogen functional groups attached to an aromatic ring is 1. The van der Waals surface area contributed by atoms with Gasteiger partial charge in [-0.3, -0.25) is 15.0 Å². The van der Waals surface area contributed by atoms with E-state index in [1.165, 1.54) is 9.80 Å². The van der Waals surface area contributed by atoms with E-state index in [9.17, 15) is 19.2 Å². The van der Waals surface area contributed by atoms with Crippen molar-refractivity contribution in [2.45, 2.75) is 57.0 Å². The molecule has 4 aliphatic rings. The summed E-state index contributed by atoms with van der Waals surface area (Å²) in [6.45, 7) is 8.13. The molecule has 3 N–H and O–H groups in total. The zero-order valence-corrected chi connectivity index (χ0v) is 32.2.